The second-order valence-electron chi connectivity index (χ2n) is 4.80. The Bertz CT molecular complexity index is 404. The molecule has 0 aliphatic rings. The van der Waals surface area contributed by atoms with E-state index >= 15 is 0 Å². The third-order valence-corrected chi connectivity index (χ3v) is 3.22. The predicted octanol–water partition coefficient (Wildman–Crippen LogP) is 2.57. The first-order chi connectivity index (χ1) is 9.74. The van der Waals surface area contributed by atoms with E-state index in [9.17, 15) is 4.79 Å². The SMILES string of the molecule is CCCCCCCCn1nnc(C(=O)OC)c1COC. The Morgan fingerprint density at radius 3 is 2.50 bits per heavy atom. The van der Waals surface area contributed by atoms with Gasteiger partial charge >= 0.3 is 5.97 Å². The molecule has 0 bridgehead atoms. The minimum Gasteiger partial charge on any atom is -0.464 e. The Balaban J connectivity index is 2.52. The second-order valence-corrected chi connectivity index (χ2v) is 4.80. The number of rotatable bonds is 10. The summed E-state index contributed by atoms with van der Waals surface area (Å²) in [5.74, 6) is -0.466. The van der Waals surface area contributed by atoms with Gasteiger partial charge in [-0.2, -0.15) is 0 Å². The number of unbranched alkanes of at least 4 members (excludes halogenated alkanes) is 5. The molecule has 0 N–H and O–H groups in total. The molecule has 0 saturated heterocycles. The Kier molecular flexibility index (Phi) is 7.87. The van der Waals surface area contributed by atoms with Crippen LogP contribution in [0.3, 0.4) is 0 Å². The normalized spacial score (nSPS) is 10.8. The molecule has 0 aliphatic heterocycles. The number of methoxy groups -OCH3 is 2. The summed E-state index contributed by atoms with van der Waals surface area (Å²) in [5, 5.41) is 7.92. The van der Waals surface area contributed by atoms with Gasteiger partial charge in [-0.25, -0.2) is 9.48 Å². The molecule has 0 aliphatic carbocycles. The van der Waals surface area contributed by atoms with Gasteiger partial charge in [0.25, 0.3) is 0 Å². The average molecular weight is 283 g/mol. The number of aromatic nitrogens is 3. The van der Waals surface area contributed by atoms with Crippen molar-refractivity contribution in [1.29, 1.82) is 0 Å². The summed E-state index contributed by atoms with van der Waals surface area (Å²) in [6.45, 7) is 3.28. The summed E-state index contributed by atoms with van der Waals surface area (Å²) >= 11 is 0. The Hall–Kier alpha value is -1.43. The van der Waals surface area contributed by atoms with Gasteiger partial charge in [0.1, 0.15) is 0 Å². The van der Waals surface area contributed by atoms with Crippen LogP contribution >= 0.6 is 0 Å². The molecule has 1 heterocycles. The maximum Gasteiger partial charge on any atom is 0.360 e. The zero-order chi connectivity index (χ0) is 14.8. The molecule has 0 aromatic carbocycles. The molecule has 6 heteroatoms. The van der Waals surface area contributed by atoms with Crippen LogP contribution in [0, 0.1) is 0 Å². The molecule has 6 nitrogen and oxygen atoms in total. The largest absolute Gasteiger partial charge is 0.464 e. The van der Waals surface area contributed by atoms with Crippen LogP contribution in [-0.4, -0.2) is 35.2 Å². The lowest BCUT2D eigenvalue weighted by atomic mass is 10.1. The Morgan fingerprint density at radius 1 is 1.15 bits per heavy atom. The molecule has 1 aromatic rings. The number of aryl methyl sites for hydroxylation is 1. The predicted molar refractivity (Wildman–Crippen MR) is 75.5 cm³/mol. The van der Waals surface area contributed by atoms with Crippen LogP contribution in [0.25, 0.3) is 0 Å². The Morgan fingerprint density at radius 2 is 1.85 bits per heavy atom. The van der Waals surface area contributed by atoms with E-state index in [1.165, 1.54) is 39.2 Å². The van der Waals surface area contributed by atoms with Crippen molar-refractivity contribution >= 4 is 5.97 Å². The summed E-state index contributed by atoms with van der Waals surface area (Å²) in [7, 11) is 2.93. The number of hydrogen-bond donors (Lipinski definition) is 0. The van der Waals surface area contributed by atoms with E-state index in [2.05, 4.69) is 17.2 Å². The standard InChI is InChI=1S/C14H25N3O3/c1-4-5-6-7-8-9-10-17-12(11-19-2)13(15-16-17)14(18)20-3/h4-11H2,1-3H3. The molecule has 20 heavy (non-hydrogen) atoms. The highest BCUT2D eigenvalue weighted by Gasteiger charge is 2.19. The molecule has 0 amide bonds. The molecule has 0 spiro atoms. The number of ether oxygens (including phenoxy) is 2. The maximum atomic E-state index is 11.6. The lowest BCUT2D eigenvalue weighted by molar-refractivity contribution is 0.0588. The summed E-state index contributed by atoms with van der Waals surface area (Å²) < 4.78 is 11.6. The molecule has 0 radical (unpaired) electrons. The minimum atomic E-state index is -0.466. The van der Waals surface area contributed by atoms with E-state index in [1.807, 2.05) is 0 Å². The van der Waals surface area contributed by atoms with Crippen molar-refractivity contribution in [3.8, 4) is 0 Å². The summed E-state index contributed by atoms with van der Waals surface area (Å²) in [6, 6.07) is 0. The van der Waals surface area contributed by atoms with Gasteiger partial charge in [-0.3, -0.25) is 0 Å². The highest BCUT2D eigenvalue weighted by Crippen LogP contribution is 2.11. The number of carbonyl (C=O) groups is 1. The molecule has 0 fully saturated rings. The van der Waals surface area contributed by atoms with Crippen LogP contribution in [0.15, 0.2) is 0 Å². The smallest absolute Gasteiger partial charge is 0.360 e. The average Bonchev–Trinajstić information content (AvgIpc) is 2.85. The molecule has 114 valence electrons. The van der Waals surface area contributed by atoms with Crippen molar-refractivity contribution in [1.82, 2.24) is 15.0 Å². The van der Waals surface area contributed by atoms with Crippen LogP contribution in [0.1, 0.15) is 61.6 Å². The zero-order valence-electron chi connectivity index (χ0n) is 12.7. The third kappa shape index (κ3) is 4.92. The van der Waals surface area contributed by atoms with Crippen LogP contribution < -0.4 is 0 Å². The summed E-state index contributed by atoms with van der Waals surface area (Å²) in [5.41, 5.74) is 0.938. The quantitative estimate of drug-likeness (QED) is 0.487. The molecular weight excluding hydrogens is 258 g/mol. The fourth-order valence-corrected chi connectivity index (χ4v) is 2.09. The second kappa shape index (κ2) is 9.47. The van der Waals surface area contributed by atoms with Crippen molar-refractivity contribution in [2.24, 2.45) is 0 Å². The van der Waals surface area contributed by atoms with Crippen molar-refractivity contribution in [2.45, 2.75) is 58.6 Å². The number of hydrogen-bond acceptors (Lipinski definition) is 5. The lowest BCUT2D eigenvalue weighted by Crippen LogP contribution is -2.11. The molecule has 0 unspecified atom stereocenters. The van der Waals surface area contributed by atoms with Gasteiger partial charge in [-0.05, 0) is 6.42 Å². The van der Waals surface area contributed by atoms with Gasteiger partial charge in [-0.15, -0.1) is 5.10 Å². The van der Waals surface area contributed by atoms with Gasteiger partial charge < -0.3 is 9.47 Å². The van der Waals surface area contributed by atoms with E-state index in [-0.39, 0.29) is 5.69 Å². The van der Waals surface area contributed by atoms with E-state index in [4.69, 9.17) is 9.47 Å². The monoisotopic (exact) mass is 283 g/mol. The van der Waals surface area contributed by atoms with Gasteiger partial charge in [-0.1, -0.05) is 44.2 Å². The molecule has 1 aromatic heterocycles. The van der Waals surface area contributed by atoms with Crippen molar-refractivity contribution in [2.75, 3.05) is 14.2 Å². The minimum absolute atomic E-state index is 0.250. The van der Waals surface area contributed by atoms with Crippen molar-refractivity contribution < 1.29 is 14.3 Å². The van der Waals surface area contributed by atoms with E-state index < -0.39 is 5.97 Å². The summed E-state index contributed by atoms with van der Waals surface area (Å²) in [4.78, 5) is 11.6. The maximum absolute atomic E-state index is 11.6. The molecular formula is C14H25N3O3. The van der Waals surface area contributed by atoms with E-state index in [1.54, 1.807) is 11.8 Å². The van der Waals surface area contributed by atoms with Crippen LogP contribution in [0.4, 0.5) is 0 Å². The van der Waals surface area contributed by atoms with Gasteiger partial charge in [0.2, 0.25) is 0 Å². The van der Waals surface area contributed by atoms with E-state index in [0.29, 0.717) is 12.3 Å². The highest BCUT2D eigenvalue weighted by atomic mass is 16.5. The third-order valence-electron chi connectivity index (χ3n) is 3.22. The van der Waals surface area contributed by atoms with Gasteiger partial charge in [0.05, 0.1) is 19.4 Å². The van der Waals surface area contributed by atoms with Crippen molar-refractivity contribution in [3.63, 3.8) is 0 Å². The van der Waals surface area contributed by atoms with Crippen LogP contribution in [0.5, 0.6) is 0 Å². The fraction of sp³-hybridized carbons (Fsp3) is 0.786. The molecule has 1 rings (SSSR count). The van der Waals surface area contributed by atoms with E-state index in [0.717, 1.165) is 13.0 Å². The highest BCUT2D eigenvalue weighted by molar-refractivity contribution is 5.88. The zero-order valence-corrected chi connectivity index (χ0v) is 12.7. The van der Waals surface area contributed by atoms with Crippen molar-refractivity contribution in [3.05, 3.63) is 11.4 Å². The first-order valence-corrected chi connectivity index (χ1v) is 7.24. The van der Waals surface area contributed by atoms with Gasteiger partial charge in [0, 0.05) is 13.7 Å². The Labute approximate surface area is 120 Å². The number of esters is 1. The molecule has 0 saturated carbocycles. The number of carbonyl (C=O) groups excluding carboxylic acids is 1. The van der Waals surface area contributed by atoms with Crippen LogP contribution in [-0.2, 0) is 22.6 Å². The van der Waals surface area contributed by atoms with Crippen LogP contribution in [0.2, 0.25) is 0 Å². The van der Waals surface area contributed by atoms with Gasteiger partial charge in [0.15, 0.2) is 5.69 Å². The number of nitrogens with zero attached hydrogens (tertiary/aromatic N) is 3. The summed E-state index contributed by atoms with van der Waals surface area (Å²) in [6.07, 6.45) is 7.27. The molecule has 0 atom stereocenters. The first kappa shape index (κ1) is 16.6. The lowest BCUT2D eigenvalue weighted by Gasteiger charge is -2.06. The first-order valence-electron chi connectivity index (χ1n) is 7.24. The fourth-order valence-electron chi connectivity index (χ4n) is 2.09. The topological polar surface area (TPSA) is 66.2 Å².